The quantitative estimate of drug-likeness (QED) is 0.499. The number of nitrogens with one attached hydrogen (secondary N) is 3. The van der Waals surface area contributed by atoms with Gasteiger partial charge in [-0.1, -0.05) is 12.1 Å². The van der Waals surface area contributed by atoms with E-state index in [0.29, 0.717) is 5.69 Å². The van der Waals surface area contributed by atoms with Crippen molar-refractivity contribution in [2.45, 2.75) is 28.4 Å². The number of thiazole rings is 1. The minimum absolute atomic E-state index is 0.233. The number of aromatic amines is 1. The van der Waals surface area contributed by atoms with E-state index in [1.165, 1.54) is 23.1 Å². The lowest BCUT2D eigenvalue weighted by Gasteiger charge is -2.34. The number of benzene rings is 1. The molecule has 4 rings (SSSR count). The fourth-order valence-electron chi connectivity index (χ4n) is 3.31. The maximum absolute atomic E-state index is 12.8. The van der Waals surface area contributed by atoms with Crippen LogP contribution in [-0.2, 0) is 11.0 Å². The molecule has 0 spiro atoms. The topological polar surface area (TPSA) is 103 Å². The van der Waals surface area contributed by atoms with Gasteiger partial charge in [0.05, 0.1) is 22.4 Å². The van der Waals surface area contributed by atoms with Crippen molar-refractivity contribution in [2.75, 3.05) is 29.6 Å². The Bertz CT molecular complexity index is 1010. The highest BCUT2D eigenvalue weighted by Gasteiger charge is 2.22. The summed E-state index contributed by atoms with van der Waals surface area (Å²) in [4.78, 5) is 26.6. The number of H-pyrrole nitrogens is 1. The van der Waals surface area contributed by atoms with Crippen LogP contribution in [0.3, 0.4) is 0 Å². The minimum atomic E-state index is -1.00. The highest BCUT2D eigenvalue weighted by atomic mass is 32.2. The SMILES string of the molecule is CS(=O)NC1CCN(c2ccccc2NC(=O)c2csc(Sc3ncc[nH]3)n2)CC1. The zero-order chi connectivity index (χ0) is 20.9. The van der Waals surface area contributed by atoms with Gasteiger partial charge in [-0.2, -0.15) is 0 Å². The molecule has 30 heavy (non-hydrogen) atoms. The summed E-state index contributed by atoms with van der Waals surface area (Å²) < 4.78 is 15.2. The number of rotatable bonds is 7. The van der Waals surface area contributed by atoms with Gasteiger partial charge in [-0.25, -0.2) is 18.9 Å². The van der Waals surface area contributed by atoms with Crippen molar-refractivity contribution in [1.82, 2.24) is 19.7 Å². The molecule has 3 heterocycles. The molecule has 1 amide bonds. The van der Waals surface area contributed by atoms with Crippen molar-refractivity contribution in [2.24, 2.45) is 0 Å². The number of carbonyl (C=O) groups excluding carboxylic acids is 1. The zero-order valence-corrected chi connectivity index (χ0v) is 18.8. The average molecular weight is 463 g/mol. The molecule has 3 N–H and O–H groups in total. The van der Waals surface area contributed by atoms with Crippen molar-refractivity contribution in [1.29, 1.82) is 0 Å². The third-order valence-corrected chi connectivity index (χ3v) is 7.21. The summed E-state index contributed by atoms with van der Waals surface area (Å²) in [6.07, 6.45) is 6.90. The van der Waals surface area contributed by atoms with Crippen LogP contribution >= 0.6 is 23.1 Å². The summed E-state index contributed by atoms with van der Waals surface area (Å²) in [5.41, 5.74) is 2.14. The van der Waals surface area contributed by atoms with Crippen LogP contribution in [0.25, 0.3) is 0 Å². The molecule has 1 atom stereocenters. The lowest BCUT2D eigenvalue weighted by molar-refractivity contribution is 0.102. The predicted octanol–water partition coefficient (Wildman–Crippen LogP) is 3.12. The molecule has 158 valence electrons. The molecule has 11 heteroatoms. The summed E-state index contributed by atoms with van der Waals surface area (Å²) >= 11 is 2.81. The molecule has 3 aromatic rings. The molecule has 0 bridgehead atoms. The molecular weight excluding hydrogens is 440 g/mol. The molecule has 1 unspecified atom stereocenters. The maximum Gasteiger partial charge on any atom is 0.275 e. The van der Waals surface area contributed by atoms with E-state index in [4.69, 9.17) is 0 Å². The first-order chi connectivity index (χ1) is 14.6. The first-order valence-corrected chi connectivity index (χ1v) is 12.7. The Kier molecular flexibility index (Phi) is 6.82. The summed E-state index contributed by atoms with van der Waals surface area (Å²) in [7, 11) is -1.00. The van der Waals surface area contributed by atoms with Crippen LogP contribution in [0, 0.1) is 0 Å². The monoisotopic (exact) mass is 462 g/mol. The smallest absolute Gasteiger partial charge is 0.275 e. The van der Waals surface area contributed by atoms with E-state index < -0.39 is 11.0 Å². The molecule has 8 nitrogen and oxygen atoms in total. The summed E-state index contributed by atoms with van der Waals surface area (Å²) in [6.45, 7) is 1.67. The largest absolute Gasteiger partial charge is 0.370 e. The molecule has 1 aromatic carbocycles. The number of anilines is 2. The van der Waals surface area contributed by atoms with Crippen LogP contribution in [-0.4, -0.2) is 50.5 Å². The van der Waals surface area contributed by atoms with Crippen molar-refractivity contribution in [3.8, 4) is 0 Å². The van der Waals surface area contributed by atoms with Gasteiger partial charge in [-0.3, -0.25) is 4.79 Å². The Morgan fingerprint density at radius 1 is 1.33 bits per heavy atom. The van der Waals surface area contributed by atoms with Gasteiger partial charge in [-0.05, 0) is 36.7 Å². The number of carbonyl (C=O) groups is 1. The van der Waals surface area contributed by atoms with Crippen LogP contribution in [0.1, 0.15) is 23.3 Å². The Morgan fingerprint density at radius 2 is 2.13 bits per heavy atom. The van der Waals surface area contributed by atoms with Crippen molar-refractivity contribution in [3.05, 3.63) is 47.7 Å². The van der Waals surface area contributed by atoms with E-state index >= 15 is 0 Å². The van der Waals surface area contributed by atoms with Gasteiger partial charge >= 0.3 is 0 Å². The maximum atomic E-state index is 12.8. The lowest BCUT2D eigenvalue weighted by Crippen LogP contribution is -2.43. The summed E-state index contributed by atoms with van der Waals surface area (Å²) in [5, 5.41) is 5.50. The van der Waals surface area contributed by atoms with E-state index in [2.05, 4.69) is 29.9 Å². The number of nitrogens with zero attached hydrogens (tertiary/aromatic N) is 3. The first kappa shape index (κ1) is 21.0. The number of hydrogen-bond donors (Lipinski definition) is 3. The fourth-order valence-corrected chi connectivity index (χ4v) is 5.66. The van der Waals surface area contributed by atoms with Crippen molar-refractivity contribution < 1.29 is 9.00 Å². The van der Waals surface area contributed by atoms with Gasteiger partial charge in [0.2, 0.25) is 0 Å². The van der Waals surface area contributed by atoms with E-state index in [-0.39, 0.29) is 11.9 Å². The number of aromatic nitrogens is 3. The van der Waals surface area contributed by atoms with Crippen LogP contribution in [0.15, 0.2) is 51.5 Å². The zero-order valence-electron chi connectivity index (χ0n) is 16.3. The van der Waals surface area contributed by atoms with Gasteiger partial charge < -0.3 is 15.2 Å². The fraction of sp³-hybridized carbons (Fsp3) is 0.316. The van der Waals surface area contributed by atoms with Gasteiger partial charge in [-0.15, -0.1) is 11.3 Å². The van der Waals surface area contributed by atoms with Gasteiger partial charge in [0.15, 0.2) is 9.50 Å². The molecule has 0 aliphatic carbocycles. The molecular formula is C19H22N6O2S3. The normalized spacial score (nSPS) is 15.8. The lowest BCUT2D eigenvalue weighted by atomic mass is 10.0. The highest BCUT2D eigenvalue weighted by Crippen LogP contribution is 2.30. The average Bonchev–Trinajstić information content (AvgIpc) is 3.41. The van der Waals surface area contributed by atoms with Crippen molar-refractivity contribution in [3.63, 3.8) is 0 Å². The van der Waals surface area contributed by atoms with Crippen LogP contribution in [0.4, 0.5) is 11.4 Å². The highest BCUT2D eigenvalue weighted by molar-refractivity contribution is 8.00. The van der Waals surface area contributed by atoms with Crippen LogP contribution in [0.5, 0.6) is 0 Å². The van der Waals surface area contributed by atoms with Crippen LogP contribution < -0.4 is 14.9 Å². The Morgan fingerprint density at radius 3 is 2.87 bits per heavy atom. The Balaban J connectivity index is 1.41. The second-order valence-corrected chi connectivity index (χ2v) is 10.0. The van der Waals surface area contributed by atoms with E-state index in [9.17, 15) is 9.00 Å². The van der Waals surface area contributed by atoms with E-state index in [1.54, 1.807) is 24.0 Å². The first-order valence-electron chi connectivity index (χ1n) is 9.46. The number of para-hydroxylation sites is 2. The number of imidazole rings is 1. The second-order valence-electron chi connectivity index (χ2n) is 6.80. The van der Waals surface area contributed by atoms with Crippen molar-refractivity contribution >= 4 is 51.4 Å². The van der Waals surface area contributed by atoms with E-state index in [0.717, 1.165) is 46.8 Å². The summed E-state index contributed by atoms with van der Waals surface area (Å²) in [6, 6.07) is 8.06. The number of hydrogen-bond acceptors (Lipinski definition) is 7. The molecule has 0 radical (unpaired) electrons. The standard InChI is InChI=1S/C19H22N6O2S3/c1-30(27)24-13-6-10-25(11-7-13)16-5-3-2-4-14(16)22-17(26)15-12-28-19(23-15)29-18-20-8-9-21-18/h2-5,8-9,12-13,24H,6-7,10-11H2,1H3,(H,20,21)(H,22,26). The molecule has 2 aromatic heterocycles. The third-order valence-electron chi connectivity index (χ3n) is 4.69. The summed E-state index contributed by atoms with van der Waals surface area (Å²) in [5.74, 6) is -0.233. The predicted molar refractivity (Wildman–Crippen MR) is 122 cm³/mol. The number of amides is 1. The minimum Gasteiger partial charge on any atom is -0.370 e. The molecule has 1 aliphatic heterocycles. The Labute approximate surface area is 185 Å². The van der Waals surface area contributed by atoms with Gasteiger partial charge in [0.25, 0.3) is 5.91 Å². The van der Waals surface area contributed by atoms with E-state index in [1.807, 2.05) is 24.3 Å². The second kappa shape index (κ2) is 9.73. The number of piperidine rings is 1. The molecule has 1 saturated heterocycles. The third kappa shape index (κ3) is 5.28. The molecule has 1 fully saturated rings. The Hall–Kier alpha value is -2.21. The van der Waals surface area contributed by atoms with Crippen LogP contribution in [0.2, 0.25) is 0 Å². The van der Waals surface area contributed by atoms with Gasteiger partial charge in [0, 0.05) is 43.2 Å². The molecule has 1 aliphatic rings. The van der Waals surface area contributed by atoms with Gasteiger partial charge in [0.1, 0.15) is 5.69 Å². The molecule has 0 saturated carbocycles.